The predicted octanol–water partition coefficient (Wildman–Crippen LogP) is 3.30. The third kappa shape index (κ3) is 11.7. The molecule has 0 fully saturated rings. The molecule has 0 aromatic heterocycles. The van der Waals surface area contributed by atoms with Gasteiger partial charge in [-0.05, 0) is 12.3 Å². The lowest BCUT2D eigenvalue weighted by molar-refractivity contribution is -0.142. The zero-order valence-corrected chi connectivity index (χ0v) is 11.6. The van der Waals surface area contributed by atoms with Crippen molar-refractivity contribution >= 4 is 5.97 Å². The first-order chi connectivity index (χ1) is 8.06. The Hall–Kier alpha value is -0.570. The Morgan fingerprint density at radius 2 is 1.59 bits per heavy atom. The Balaban J connectivity index is 3.24. The first kappa shape index (κ1) is 16.4. The molecule has 0 amide bonds. The van der Waals surface area contributed by atoms with E-state index < -0.39 is 6.10 Å². The monoisotopic (exact) mass is 244 g/mol. The van der Waals surface area contributed by atoms with E-state index in [0.29, 0.717) is 6.42 Å². The van der Waals surface area contributed by atoms with Gasteiger partial charge >= 0.3 is 5.97 Å². The number of carbonyl (C=O) groups is 1. The molecule has 0 spiro atoms. The number of unbranched alkanes of at least 4 members (excludes halogenated alkanes) is 4. The highest BCUT2D eigenvalue weighted by Gasteiger charge is 2.09. The van der Waals surface area contributed by atoms with Gasteiger partial charge in [0.2, 0.25) is 0 Å². The Bertz CT molecular complexity index is 190. The van der Waals surface area contributed by atoms with Crippen LogP contribution < -0.4 is 0 Å². The molecule has 0 saturated carbocycles. The van der Waals surface area contributed by atoms with Gasteiger partial charge < -0.3 is 9.84 Å². The number of aliphatic hydroxyl groups excluding tert-OH is 1. The summed E-state index contributed by atoms with van der Waals surface area (Å²) in [5.74, 6) is 0.478. The minimum absolute atomic E-state index is 0.129. The van der Waals surface area contributed by atoms with Gasteiger partial charge in [0, 0.05) is 0 Å². The predicted molar refractivity (Wildman–Crippen MR) is 69.8 cm³/mol. The highest BCUT2D eigenvalue weighted by atomic mass is 16.5. The van der Waals surface area contributed by atoms with Gasteiger partial charge in [0.25, 0.3) is 0 Å². The van der Waals surface area contributed by atoms with Gasteiger partial charge in [0.1, 0.15) is 0 Å². The van der Waals surface area contributed by atoms with Crippen LogP contribution in [0.1, 0.15) is 65.2 Å². The van der Waals surface area contributed by atoms with Crippen molar-refractivity contribution in [2.75, 3.05) is 7.11 Å². The molecule has 0 aliphatic heterocycles. The molecular weight excluding hydrogens is 216 g/mol. The van der Waals surface area contributed by atoms with E-state index >= 15 is 0 Å². The minimum Gasteiger partial charge on any atom is -0.469 e. The van der Waals surface area contributed by atoms with Crippen molar-refractivity contribution in [2.45, 2.75) is 71.3 Å². The SMILES string of the molecule is COC(=O)C[C@H](O)CCCCCCCC(C)C. The molecule has 0 aromatic rings. The molecule has 3 nitrogen and oxygen atoms in total. The van der Waals surface area contributed by atoms with Gasteiger partial charge in [-0.3, -0.25) is 4.79 Å². The van der Waals surface area contributed by atoms with Crippen LogP contribution in [0.4, 0.5) is 0 Å². The number of ether oxygens (including phenoxy) is 1. The van der Waals surface area contributed by atoms with Crippen LogP contribution in [0.3, 0.4) is 0 Å². The summed E-state index contributed by atoms with van der Waals surface area (Å²) in [5.41, 5.74) is 0. The fraction of sp³-hybridized carbons (Fsp3) is 0.929. The van der Waals surface area contributed by atoms with Crippen LogP contribution in [-0.2, 0) is 9.53 Å². The Morgan fingerprint density at radius 1 is 1.06 bits per heavy atom. The quantitative estimate of drug-likeness (QED) is 0.474. The van der Waals surface area contributed by atoms with E-state index in [1.165, 1.54) is 32.8 Å². The molecule has 0 rings (SSSR count). The zero-order valence-electron chi connectivity index (χ0n) is 11.6. The van der Waals surface area contributed by atoms with Crippen LogP contribution in [-0.4, -0.2) is 24.3 Å². The average Bonchev–Trinajstić information content (AvgIpc) is 2.27. The smallest absolute Gasteiger partial charge is 0.308 e. The topological polar surface area (TPSA) is 46.5 Å². The molecule has 3 heteroatoms. The molecule has 0 heterocycles. The van der Waals surface area contributed by atoms with Crippen molar-refractivity contribution < 1.29 is 14.6 Å². The van der Waals surface area contributed by atoms with Crippen LogP contribution in [0.25, 0.3) is 0 Å². The number of methoxy groups -OCH3 is 1. The molecule has 0 aliphatic carbocycles. The maximum absolute atomic E-state index is 10.9. The number of carbonyl (C=O) groups excluding carboxylic acids is 1. The molecule has 0 aromatic carbocycles. The largest absolute Gasteiger partial charge is 0.469 e. The summed E-state index contributed by atoms with van der Waals surface area (Å²) >= 11 is 0. The van der Waals surface area contributed by atoms with Crippen molar-refractivity contribution in [2.24, 2.45) is 5.92 Å². The standard InChI is InChI=1S/C14H28O3/c1-12(2)9-7-5-4-6-8-10-13(15)11-14(16)17-3/h12-13,15H,4-11H2,1-3H3/t13-/m1/s1. The second kappa shape index (κ2) is 10.6. The number of hydrogen-bond donors (Lipinski definition) is 1. The van der Waals surface area contributed by atoms with Gasteiger partial charge in [-0.15, -0.1) is 0 Å². The minimum atomic E-state index is -0.530. The van der Waals surface area contributed by atoms with Crippen molar-refractivity contribution in [3.63, 3.8) is 0 Å². The van der Waals surface area contributed by atoms with E-state index in [2.05, 4.69) is 18.6 Å². The molecule has 17 heavy (non-hydrogen) atoms. The summed E-state index contributed by atoms with van der Waals surface area (Å²) in [6.45, 7) is 4.51. The maximum Gasteiger partial charge on any atom is 0.308 e. The van der Waals surface area contributed by atoms with Crippen molar-refractivity contribution in [3.8, 4) is 0 Å². The summed E-state index contributed by atoms with van der Waals surface area (Å²) in [4.78, 5) is 10.9. The number of hydrogen-bond acceptors (Lipinski definition) is 3. The first-order valence-electron chi connectivity index (χ1n) is 6.81. The first-order valence-corrected chi connectivity index (χ1v) is 6.81. The maximum atomic E-state index is 10.9. The van der Waals surface area contributed by atoms with Crippen LogP contribution in [0.2, 0.25) is 0 Å². The molecule has 0 bridgehead atoms. The highest BCUT2D eigenvalue weighted by molar-refractivity contribution is 5.69. The summed E-state index contributed by atoms with van der Waals surface area (Å²) in [5, 5.41) is 9.53. The van der Waals surface area contributed by atoms with Gasteiger partial charge in [-0.2, -0.15) is 0 Å². The van der Waals surface area contributed by atoms with Gasteiger partial charge in [0.15, 0.2) is 0 Å². The number of aliphatic hydroxyl groups is 1. The lowest BCUT2D eigenvalue weighted by Gasteiger charge is -2.09. The third-order valence-electron chi connectivity index (χ3n) is 2.95. The highest BCUT2D eigenvalue weighted by Crippen LogP contribution is 2.12. The molecule has 0 radical (unpaired) electrons. The average molecular weight is 244 g/mol. The van der Waals surface area contributed by atoms with E-state index in [4.69, 9.17) is 0 Å². The van der Waals surface area contributed by atoms with Crippen LogP contribution >= 0.6 is 0 Å². The zero-order chi connectivity index (χ0) is 13.1. The fourth-order valence-electron chi connectivity index (χ4n) is 1.84. The summed E-state index contributed by atoms with van der Waals surface area (Å²) in [7, 11) is 1.35. The lowest BCUT2D eigenvalue weighted by atomic mass is 10.0. The Labute approximate surface area is 106 Å². The van der Waals surface area contributed by atoms with Crippen molar-refractivity contribution in [1.29, 1.82) is 0 Å². The van der Waals surface area contributed by atoms with E-state index in [1.807, 2.05) is 0 Å². The molecule has 0 unspecified atom stereocenters. The van der Waals surface area contributed by atoms with Crippen LogP contribution in [0, 0.1) is 5.92 Å². The molecule has 102 valence electrons. The van der Waals surface area contributed by atoms with E-state index in [9.17, 15) is 9.90 Å². The molecule has 0 aliphatic rings. The second-order valence-electron chi connectivity index (χ2n) is 5.17. The van der Waals surface area contributed by atoms with Crippen LogP contribution in [0.5, 0.6) is 0 Å². The van der Waals surface area contributed by atoms with E-state index in [1.54, 1.807) is 0 Å². The van der Waals surface area contributed by atoms with Gasteiger partial charge in [-0.25, -0.2) is 0 Å². The molecule has 0 saturated heterocycles. The lowest BCUT2D eigenvalue weighted by Crippen LogP contribution is -2.14. The van der Waals surface area contributed by atoms with Crippen LogP contribution in [0.15, 0.2) is 0 Å². The molecule has 1 N–H and O–H groups in total. The summed E-state index contributed by atoms with van der Waals surface area (Å²) in [6.07, 6.45) is 7.59. The van der Waals surface area contributed by atoms with E-state index in [0.717, 1.165) is 18.8 Å². The Kier molecular flexibility index (Phi) is 10.2. The van der Waals surface area contributed by atoms with E-state index in [-0.39, 0.29) is 12.4 Å². The molecule has 1 atom stereocenters. The Morgan fingerprint density at radius 3 is 2.12 bits per heavy atom. The third-order valence-corrected chi connectivity index (χ3v) is 2.95. The number of esters is 1. The van der Waals surface area contributed by atoms with Crippen molar-refractivity contribution in [1.82, 2.24) is 0 Å². The van der Waals surface area contributed by atoms with Gasteiger partial charge in [0.05, 0.1) is 19.6 Å². The molecular formula is C14H28O3. The summed E-state index contributed by atoms with van der Waals surface area (Å²) in [6, 6.07) is 0. The number of rotatable bonds is 10. The summed E-state index contributed by atoms with van der Waals surface area (Å²) < 4.78 is 4.50. The van der Waals surface area contributed by atoms with Crippen molar-refractivity contribution in [3.05, 3.63) is 0 Å². The van der Waals surface area contributed by atoms with Gasteiger partial charge in [-0.1, -0.05) is 52.4 Å². The second-order valence-corrected chi connectivity index (χ2v) is 5.17. The normalized spacial score (nSPS) is 12.8. The fourth-order valence-corrected chi connectivity index (χ4v) is 1.84.